The van der Waals surface area contributed by atoms with E-state index < -0.39 is 0 Å². The fourth-order valence-corrected chi connectivity index (χ4v) is 4.23. The molecular formula is C24H26N6O2. The van der Waals surface area contributed by atoms with Gasteiger partial charge in [0.05, 0.1) is 17.1 Å². The van der Waals surface area contributed by atoms with Crippen LogP contribution >= 0.6 is 0 Å². The number of ether oxygens (including phenoxy) is 1. The van der Waals surface area contributed by atoms with E-state index in [0.29, 0.717) is 12.3 Å². The van der Waals surface area contributed by atoms with Crippen molar-refractivity contribution < 1.29 is 4.74 Å². The Morgan fingerprint density at radius 3 is 2.62 bits per heavy atom. The third-order valence-corrected chi connectivity index (χ3v) is 6.12. The Labute approximate surface area is 186 Å². The van der Waals surface area contributed by atoms with Crippen LogP contribution in [0.15, 0.2) is 47.4 Å². The third kappa shape index (κ3) is 3.62. The molecule has 1 aliphatic carbocycles. The Hall–Kier alpha value is -3.68. The van der Waals surface area contributed by atoms with Gasteiger partial charge >= 0.3 is 5.69 Å². The van der Waals surface area contributed by atoms with E-state index in [4.69, 9.17) is 9.84 Å². The van der Waals surface area contributed by atoms with E-state index in [-0.39, 0.29) is 5.69 Å². The van der Waals surface area contributed by atoms with E-state index in [1.54, 1.807) is 7.05 Å². The summed E-state index contributed by atoms with van der Waals surface area (Å²) in [5, 5.41) is 12.6. The van der Waals surface area contributed by atoms with E-state index in [0.717, 1.165) is 41.0 Å². The van der Waals surface area contributed by atoms with Gasteiger partial charge in [-0.1, -0.05) is 12.1 Å². The average molecular weight is 431 g/mol. The topological polar surface area (TPSA) is 79.8 Å². The summed E-state index contributed by atoms with van der Waals surface area (Å²) in [4.78, 5) is 12.4. The number of benzene rings is 2. The number of hydrogen-bond acceptors (Lipinski definition) is 5. The summed E-state index contributed by atoms with van der Waals surface area (Å²) < 4.78 is 10.7. The second kappa shape index (κ2) is 8.11. The summed E-state index contributed by atoms with van der Waals surface area (Å²) in [5.74, 6) is 0.798. The van der Waals surface area contributed by atoms with Crippen molar-refractivity contribution in [2.75, 3.05) is 0 Å². The van der Waals surface area contributed by atoms with Gasteiger partial charge in [-0.25, -0.2) is 9.48 Å². The zero-order chi connectivity index (χ0) is 22.2. The van der Waals surface area contributed by atoms with Gasteiger partial charge < -0.3 is 4.74 Å². The van der Waals surface area contributed by atoms with Gasteiger partial charge in [-0.3, -0.25) is 0 Å². The summed E-state index contributed by atoms with van der Waals surface area (Å²) in [6, 6.07) is 11.9. The van der Waals surface area contributed by atoms with Crippen molar-refractivity contribution in [3.63, 3.8) is 0 Å². The van der Waals surface area contributed by atoms with E-state index in [1.807, 2.05) is 48.9 Å². The van der Waals surface area contributed by atoms with Crippen LogP contribution in [0.4, 0.5) is 0 Å². The second-order valence-electron chi connectivity index (χ2n) is 8.36. The summed E-state index contributed by atoms with van der Waals surface area (Å²) in [5.41, 5.74) is 6.96. The monoisotopic (exact) mass is 430 g/mol. The lowest BCUT2D eigenvalue weighted by atomic mass is 9.99. The molecular weight excluding hydrogens is 404 g/mol. The standard InChI is InChI=1S/C24H26N6O2/c1-16-7-6-10-22(30-24(31)28(3)26-27-30)20(16)15-32-23-12-11-19(13-17(23)2)29-14-18-8-4-5-9-21(18)25-29/h6-7,10-14H,4-5,8-9,15H2,1-3H3. The Balaban J connectivity index is 1.40. The average Bonchev–Trinajstić information content (AvgIpc) is 3.37. The minimum absolute atomic E-state index is 0.292. The maximum absolute atomic E-state index is 12.4. The smallest absolute Gasteiger partial charge is 0.368 e. The van der Waals surface area contributed by atoms with Crippen molar-refractivity contribution in [1.82, 2.24) is 29.6 Å². The first-order valence-electron chi connectivity index (χ1n) is 10.9. The van der Waals surface area contributed by atoms with Crippen LogP contribution < -0.4 is 10.4 Å². The van der Waals surface area contributed by atoms with E-state index in [1.165, 1.54) is 33.5 Å². The molecule has 0 saturated heterocycles. The van der Waals surface area contributed by atoms with Crippen molar-refractivity contribution in [2.24, 2.45) is 7.05 Å². The van der Waals surface area contributed by atoms with E-state index in [2.05, 4.69) is 22.7 Å². The van der Waals surface area contributed by atoms with E-state index in [9.17, 15) is 4.79 Å². The second-order valence-corrected chi connectivity index (χ2v) is 8.36. The van der Waals surface area contributed by atoms with Gasteiger partial charge in [0.1, 0.15) is 12.4 Å². The van der Waals surface area contributed by atoms with Gasteiger partial charge in [0, 0.05) is 18.8 Å². The van der Waals surface area contributed by atoms with E-state index >= 15 is 0 Å². The quantitative estimate of drug-likeness (QED) is 0.486. The van der Waals surface area contributed by atoms with Crippen LogP contribution in [0.2, 0.25) is 0 Å². The molecule has 0 fully saturated rings. The maximum Gasteiger partial charge on any atom is 0.368 e. The van der Waals surface area contributed by atoms with Crippen molar-refractivity contribution in [3.05, 3.63) is 81.0 Å². The number of aromatic nitrogens is 6. The molecule has 4 aromatic rings. The first kappa shape index (κ1) is 20.2. The lowest BCUT2D eigenvalue weighted by molar-refractivity contribution is 0.302. The highest BCUT2D eigenvalue weighted by Crippen LogP contribution is 2.26. The molecule has 0 aliphatic heterocycles. The van der Waals surface area contributed by atoms with Crippen LogP contribution in [0.3, 0.4) is 0 Å². The lowest BCUT2D eigenvalue weighted by Crippen LogP contribution is -2.23. The molecule has 8 nitrogen and oxygen atoms in total. The molecule has 0 radical (unpaired) electrons. The highest BCUT2D eigenvalue weighted by molar-refractivity contribution is 5.46. The molecule has 0 amide bonds. The van der Waals surface area contributed by atoms with Gasteiger partial charge in [0.25, 0.3) is 0 Å². The molecule has 2 aromatic heterocycles. The van der Waals surface area contributed by atoms with Crippen LogP contribution in [0.1, 0.15) is 40.8 Å². The van der Waals surface area contributed by atoms with Gasteiger partial charge in [-0.15, -0.1) is 0 Å². The number of rotatable bonds is 5. The Bertz CT molecular complexity index is 1320. The van der Waals surface area contributed by atoms with Crippen LogP contribution in [-0.2, 0) is 26.5 Å². The normalized spacial score (nSPS) is 13.2. The van der Waals surface area contributed by atoms with Crippen LogP contribution in [0, 0.1) is 13.8 Å². The molecule has 164 valence electrons. The van der Waals surface area contributed by atoms with Crippen molar-refractivity contribution in [3.8, 4) is 17.1 Å². The Morgan fingerprint density at radius 2 is 1.88 bits per heavy atom. The van der Waals surface area contributed by atoms with Crippen molar-refractivity contribution in [1.29, 1.82) is 0 Å². The van der Waals surface area contributed by atoms with Crippen molar-refractivity contribution in [2.45, 2.75) is 46.1 Å². The number of fused-ring (bicyclic) bond motifs is 1. The molecule has 32 heavy (non-hydrogen) atoms. The predicted octanol–water partition coefficient (Wildman–Crippen LogP) is 3.23. The van der Waals surface area contributed by atoms with Gasteiger partial charge in [0.15, 0.2) is 0 Å². The summed E-state index contributed by atoms with van der Waals surface area (Å²) in [7, 11) is 1.58. The van der Waals surface area contributed by atoms with Gasteiger partial charge in [-0.2, -0.15) is 14.5 Å². The minimum Gasteiger partial charge on any atom is -0.489 e. The number of tetrazole rings is 1. The third-order valence-electron chi connectivity index (χ3n) is 6.12. The Kier molecular flexibility index (Phi) is 5.13. The minimum atomic E-state index is -0.292. The fraction of sp³-hybridized carbons (Fsp3) is 0.333. The molecule has 0 saturated carbocycles. The zero-order valence-electron chi connectivity index (χ0n) is 18.6. The first-order chi connectivity index (χ1) is 15.5. The SMILES string of the molecule is Cc1cc(-n2cc3c(n2)CCCC3)ccc1OCc1c(C)cccc1-n1nnn(C)c1=O. The molecule has 2 aromatic carbocycles. The van der Waals surface area contributed by atoms with Crippen LogP contribution in [0.5, 0.6) is 5.75 Å². The fourth-order valence-electron chi connectivity index (χ4n) is 4.23. The highest BCUT2D eigenvalue weighted by Gasteiger charge is 2.16. The zero-order valence-corrected chi connectivity index (χ0v) is 18.6. The Morgan fingerprint density at radius 1 is 1.03 bits per heavy atom. The molecule has 0 unspecified atom stereocenters. The predicted molar refractivity (Wildman–Crippen MR) is 121 cm³/mol. The highest BCUT2D eigenvalue weighted by atomic mass is 16.5. The molecule has 0 spiro atoms. The summed E-state index contributed by atoms with van der Waals surface area (Å²) >= 11 is 0. The summed E-state index contributed by atoms with van der Waals surface area (Å²) in [6.07, 6.45) is 6.80. The number of aryl methyl sites for hydroxylation is 5. The van der Waals surface area contributed by atoms with Gasteiger partial charge in [0.2, 0.25) is 0 Å². The van der Waals surface area contributed by atoms with Crippen molar-refractivity contribution >= 4 is 0 Å². The van der Waals surface area contributed by atoms with Gasteiger partial charge in [-0.05, 0) is 90.9 Å². The maximum atomic E-state index is 12.4. The molecule has 0 atom stereocenters. The number of nitrogens with zero attached hydrogens (tertiary/aromatic N) is 6. The molecule has 1 aliphatic rings. The van der Waals surface area contributed by atoms with Crippen LogP contribution in [0.25, 0.3) is 11.4 Å². The largest absolute Gasteiger partial charge is 0.489 e. The molecule has 0 N–H and O–H groups in total. The number of hydrogen-bond donors (Lipinski definition) is 0. The van der Waals surface area contributed by atoms with Crippen LogP contribution in [-0.4, -0.2) is 29.6 Å². The molecule has 2 heterocycles. The first-order valence-corrected chi connectivity index (χ1v) is 10.9. The molecule has 5 rings (SSSR count). The molecule has 8 heteroatoms. The molecule has 0 bridgehead atoms. The summed E-state index contributed by atoms with van der Waals surface area (Å²) in [6.45, 7) is 4.36. The lowest BCUT2D eigenvalue weighted by Gasteiger charge is -2.15.